The molecule has 1 fully saturated rings. The van der Waals surface area contributed by atoms with Gasteiger partial charge in [-0.25, -0.2) is 4.79 Å². The van der Waals surface area contributed by atoms with Crippen LogP contribution in [0.15, 0.2) is 66.3 Å². The third-order valence-corrected chi connectivity index (χ3v) is 6.51. The molecule has 2 unspecified atom stereocenters. The number of anilines is 1. The van der Waals surface area contributed by atoms with Crippen LogP contribution in [0.5, 0.6) is 0 Å². The van der Waals surface area contributed by atoms with E-state index in [2.05, 4.69) is 20.6 Å². The van der Waals surface area contributed by atoms with Crippen LogP contribution < -0.4 is 16.0 Å². The second kappa shape index (κ2) is 9.25. The molecule has 0 saturated carbocycles. The maximum atomic E-state index is 13.4. The molecule has 1 aromatic heterocycles. The van der Waals surface area contributed by atoms with E-state index in [0.29, 0.717) is 24.7 Å². The van der Waals surface area contributed by atoms with Crippen molar-refractivity contribution in [3.63, 3.8) is 0 Å². The van der Waals surface area contributed by atoms with Gasteiger partial charge in [-0.1, -0.05) is 36.4 Å². The number of benzene rings is 1. The van der Waals surface area contributed by atoms with Crippen LogP contribution in [-0.2, 0) is 11.3 Å². The smallest absolute Gasteiger partial charge is 0.366 e. The summed E-state index contributed by atoms with van der Waals surface area (Å²) in [4.78, 5) is 29.5. The minimum atomic E-state index is -4.55. The number of nitrogens with zero attached hydrogens (tertiary/aromatic N) is 4. The lowest BCUT2D eigenvalue weighted by atomic mass is 10.1. The standard InChI is InChI=1S/C24H26F3N7O2/c1-15(24(25,26)27)28-22(35)18-7-8-19-21(29-18)34(17-9-11-32(19)14-17)23(36)30-20-10-12-33(31-20)13-16-5-3-2-4-6-16/h2-8,10,12,15,17-18,29H,9,11,13-14H2,1H3,(H,28,35)(H,30,31,36)/t15-,17?,18?/m1/s1. The molecular weight excluding hydrogens is 475 g/mol. The summed E-state index contributed by atoms with van der Waals surface area (Å²) in [5.74, 6) is -0.0546. The highest BCUT2D eigenvalue weighted by atomic mass is 19.4. The van der Waals surface area contributed by atoms with E-state index in [4.69, 9.17) is 0 Å². The lowest BCUT2D eigenvalue weighted by molar-refractivity contribution is -0.158. The van der Waals surface area contributed by atoms with Crippen molar-refractivity contribution in [2.24, 2.45) is 0 Å². The first-order chi connectivity index (χ1) is 17.2. The van der Waals surface area contributed by atoms with E-state index in [9.17, 15) is 22.8 Å². The molecule has 0 aliphatic carbocycles. The normalized spacial score (nSPS) is 21.7. The average Bonchev–Trinajstić information content (AvgIpc) is 3.46. The minimum Gasteiger partial charge on any atom is -0.366 e. The number of dihydropyridines is 1. The SMILES string of the molecule is C[C@@H](NC(=O)C1C=CC2=C(N1)N(C(=O)Nc1ccn(Cc3ccccc3)n1)C1CCN2C1)C(F)(F)F. The molecule has 3 amide bonds. The zero-order valence-corrected chi connectivity index (χ0v) is 19.5. The number of hydrogen-bond donors (Lipinski definition) is 3. The fraction of sp³-hybridized carbons (Fsp3) is 0.375. The summed E-state index contributed by atoms with van der Waals surface area (Å²) in [6.07, 6.45) is 1.14. The van der Waals surface area contributed by atoms with Crippen molar-refractivity contribution in [3.05, 3.63) is 71.8 Å². The first kappa shape index (κ1) is 23.8. The Kier molecular flexibility index (Phi) is 6.10. The number of urea groups is 1. The molecule has 1 aromatic carbocycles. The summed E-state index contributed by atoms with van der Waals surface area (Å²) < 4.78 is 40.5. The van der Waals surface area contributed by atoms with Crippen LogP contribution in [0.1, 0.15) is 18.9 Å². The summed E-state index contributed by atoms with van der Waals surface area (Å²) in [6.45, 7) is 2.79. The summed E-state index contributed by atoms with van der Waals surface area (Å²) in [5.41, 5.74) is 1.79. The van der Waals surface area contributed by atoms with Gasteiger partial charge in [0.1, 0.15) is 17.9 Å². The predicted octanol–water partition coefficient (Wildman–Crippen LogP) is 2.62. The molecule has 3 aliphatic rings. The van der Waals surface area contributed by atoms with Crippen LogP contribution in [-0.4, -0.2) is 68.9 Å². The first-order valence-electron chi connectivity index (χ1n) is 11.7. The zero-order chi connectivity index (χ0) is 25.4. The maximum absolute atomic E-state index is 13.4. The fourth-order valence-corrected chi connectivity index (χ4v) is 4.60. The topological polar surface area (TPSA) is 94.5 Å². The Bertz CT molecular complexity index is 1210. The summed E-state index contributed by atoms with van der Waals surface area (Å²) in [6, 6.07) is 7.87. The highest BCUT2D eigenvalue weighted by molar-refractivity contribution is 5.91. The van der Waals surface area contributed by atoms with E-state index in [1.165, 1.54) is 6.08 Å². The number of carbonyl (C=O) groups excluding carboxylic acids is 2. The van der Waals surface area contributed by atoms with Gasteiger partial charge in [-0.2, -0.15) is 18.3 Å². The largest absolute Gasteiger partial charge is 0.408 e. The molecule has 2 bridgehead atoms. The van der Waals surface area contributed by atoms with Crippen LogP contribution >= 0.6 is 0 Å². The van der Waals surface area contributed by atoms with Crippen molar-refractivity contribution >= 4 is 17.8 Å². The van der Waals surface area contributed by atoms with Crippen LogP contribution in [0, 0.1) is 0 Å². The second-order valence-corrected chi connectivity index (χ2v) is 9.06. The Morgan fingerprint density at radius 2 is 2.00 bits per heavy atom. The lowest BCUT2D eigenvalue weighted by Crippen LogP contribution is -2.57. The first-order valence-corrected chi connectivity index (χ1v) is 11.7. The number of nitrogens with one attached hydrogen (secondary N) is 3. The van der Waals surface area contributed by atoms with Crippen molar-refractivity contribution < 1.29 is 22.8 Å². The summed E-state index contributed by atoms with van der Waals surface area (Å²) in [7, 11) is 0. The molecule has 0 radical (unpaired) electrons. The van der Waals surface area contributed by atoms with E-state index in [1.807, 2.05) is 35.6 Å². The van der Waals surface area contributed by atoms with Gasteiger partial charge in [0.05, 0.1) is 18.3 Å². The van der Waals surface area contributed by atoms with Crippen molar-refractivity contribution in [2.45, 2.75) is 44.2 Å². The molecule has 12 heteroatoms. The number of halogens is 3. The van der Waals surface area contributed by atoms with Gasteiger partial charge in [0.25, 0.3) is 0 Å². The molecular formula is C24H26F3N7O2. The molecule has 3 aliphatic heterocycles. The van der Waals surface area contributed by atoms with Crippen LogP contribution in [0.25, 0.3) is 0 Å². The minimum absolute atomic E-state index is 0.146. The number of aromatic nitrogens is 2. The van der Waals surface area contributed by atoms with E-state index in [-0.39, 0.29) is 6.04 Å². The van der Waals surface area contributed by atoms with Crippen molar-refractivity contribution in [2.75, 3.05) is 18.4 Å². The van der Waals surface area contributed by atoms with Gasteiger partial charge >= 0.3 is 12.2 Å². The molecule has 36 heavy (non-hydrogen) atoms. The molecule has 2 aromatic rings. The van der Waals surface area contributed by atoms with E-state index < -0.39 is 30.2 Å². The number of alkyl halides is 3. The molecule has 190 valence electrons. The van der Waals surface area contributed by atoms with Crippen LogP contribution in [0.2, 0.25) is 0 Å². The Balaban J connectivity index is 1.30. The van der Waals surface area contributed by atoms with Crippen molar-refractivity contribution in [3.8, 4) is 0 Å². The van der Waals surface area contributed by atoms with Crippen LogP contribution in [0.3, 0.4) is 0 Å². The number of carbonyl (C=O) groups is 2. The number of amides is 3. The summed E-state index contributed by atoms with van der Waals surface area (Å²) in [5, 5.41) is 12.2. The average molecular weight is 502 g/mol. The molecule has 3 atom stereocenters. The van der Waals surface area contributed by atoms with Gasteiger partial charge in [0.15, 0.2) is 5.82 Å². The Hall–Kier alpha value is -3.96. The monoisotopic (exact) mass is 501 g/mol. The van der Waals surface area contributed by atoms with E-state index in [1.54, 1.807) is 27.9 Å². The number of allylic oxidation sites excluding steroid dienone is 1. The Morgan fingerprint density at radius 3 is 2.75 bits per heavy atom. The third-order valence-electron chi connectivity index (χ3n) is 6.51. The van der Waals surface area contributed by atoms with E-state index in [0.717, 1.165) is 31.1 Å². The summed E-state index contributed by atoms with van der Waals surface area (Å²) >= 11 is 0. The predicted molar refractivity (Wildman–Crippen MR) is 125 cm³/mol. The van der Waals surface area contributed by atoms with Gasteiger partial charge in [-0.3, -0.25) is 19.7 Å². The van der Waals surface area contributed by atoms with Crippen LogP contribution in [0.4, 0.5) is 23.8 Å². The fourth-order valence-electron chi connectivity index (χ4n) is 4.60. The van der Waals surface area contributed by atoms with Gasteiger partial charge < -0.3 is 15.5 Å². The molecule has 3 N–H and O–H groups in total. The highest BCUT2D eigenvalue weighted by Gasteiger charge is 2.43. The number of rotatable bonds is 5. The molecule has 5 rings (SSSR count). The van der Waals surface area contributed by atoms with Gasteiger partial charge in [-0.15, -0.1) is 0 Å². The van der Waals surface area contributed by atoms with Gasteiger partial charge in [-0.05, 0) is 25.0 Å². The van der Waals surface area contributed by atoms with Crippen molar-refractivity contribution in [1.29, 1.82) is 0 Å². The molecule has 0 spiro atoms. The van der Waals surface area contributed by atoms with Gasteiger partial charge in [0, 0.05) is 25.4 Å². The highest BCUT2D eigenvalue weighted by Crippen LogP contribution is 2.33. The Morgan fingerprint density at radius 1 is 1.22 bits per heavy atom. The zero-order valence-electron chi connectivity index (χ0n) is 19.5. The van der Waals surface area contributed by atoms with Gasteiger partial charge in [0.2, 0.25) is 5.91 Å². The quantitative estimate of drug-likeness (QED) is 0.586. The molecule has 1 saturated heterocycles. The maximum Gasteiger partial charge on any atom is 0.408 e. The third kappa shape index (κ3) is 4.75. The molecule has 9 nitrogen and oxygen atoms in total. The Labute approximate surface area is 205 Å². The lowest BCUT2D eigenvalue weighted by Gasteiger charge is -2.40. The number of hydrogen-bond acceptors (Lipinski definition) is 5. The number of fused-ring (bicyclic) bond motifs is 3. The van der Waals surface area contributed by atoms with Crippen molar-refractivity contribution in [1.82, 2.24) is 30.2 Å². The molecule has 4 heterocycles. The second-order valence-electron chi connectivity index (χ2n) is 9.06. The van der Waals surface area contributed by atoms with E-state index >= 15 is 0 Å².